The van der Waals surface area contributed by atoms with Crippen LogP contribution < -0.4 is 10.9 Å². The van der Waals surface area contributed by atoms with Crippen molar-refractivity contribution in [2.24, 2.45) is 17.8 Å². The molecule has 2 aliphatic carbocycles. The number of nitrogens with zero attached hydrogens (tertiary/aromatic N) is 1. The van der Waals surface area contributed by atoms with Gasteiger partial charge in [0, 0.05) is 6.04 Å². The molecule has 0 saturated heterocycles. The van der Waals surface area contributed by atoms with Gasteiger partial charge in [0.2, 0.25) is 0 Å². The van der Waals surface area contributed by atoms with E-state index in [0.717, 1.165) is 11.8 Å². The van der Waals surface area contributed by atoms with Crippen molar-refractivity contribution in [1.29, 1.82) is 0 Å². The molecule has 0 radical (unpaired) electrons. The van der Waals surface area contributed by atoms with E-state index in [4.69, 9.17) is 11.6 Å². The van der Waals surface area contributed by atoms with Crippen LogP contribution in [0.5, 0.6) is 0 Å². The average molecular weight is 268 g/mol. The second kappa shape index (κ2) is 4.57. The van der Waals surface area contributed by atoms with Crippen LogP contribution in [0.2, 0.25) is 5.02 Å². The Hall–Kier alpha value is -1.03. The minimum absolute atomic E-state index is 0.160. The van der Waals surface area contributed by atoms with E-state index in [1.54, 1.807) is 0 Å². The highest BCUT2D eigenvalue weighted by Crippen LogP contribution is 2.49. The molecule has 5 heteroatoms. The van der Waals surface area contributed by atoms with Gasteiger partial charge in [-0.1, -0.05) is 18.0 Å². The van der Waals surface area contributed by atoms with Crippen molar-refractivity contribution in [3.63, 3.8) is 0 Å². The summed E-state index contributed by atoms with van der Waals surface area (Å²) in [5.41, 5.74) is -0.283. The van der Waals surface area contributed by atoms with Crippen molar-refractivity contribution in [2.45, 2.75) is 38.6 Å². The summed E-state index contributed by atoms with van der Waals surface area (Å²) in [5, 5.41) is 3.47. The van der Waals surface area contributed by atoms with E-state index in [1.165, 1.54) is 32.0 Å². The maximum absolute atomic E-state index is 11.4. The van der Waals surface area contributed by atoms with Crippen LogP contribution in [0, 0.1) is 17.8 Å². The third kappa shape index (κ3) is 2.03. The summed E-state index contributed by atoms with van der Waals surface area (Å²) in [6.45, 7) is 2.17. The molecule has 2 fully saturated rings. The fraction of sp³-hybridized carbons (Fsp3) is 0.692. The predicted octanol–water partition coefficient (Wildman–Crippen LogP) is 2.66. The molecule has 2 N–H and O–H groups in total. The van der Waals surface area contributed by atoms with Gasteiger partial charge in [-0.3, -0.25) is 4.79 Å². The highest BCUT2D eigenvalue weighted by molar-refractivity contribution is 6.32. The minimum Gasteiger partial charge on any atom is -0.366 e. The molecule has 2 aliphatic rings. The van der Waals surface area contributed by atoms with Crippen LogP contribution in [0.4, 0.5) is 5.82 Å². The number of anilines is 1. The Kier molecular flexibility index (Phi) is 3.06. The molecule has 3 rings (SSSR count). The van der Waals surface area contributed by atoms with Crippen LogP contribution in [-0.2, 0) is 0 Å². The molecular formula is C13H18ClN3O. The number of aromatic amines is 1. The monoisotopic (exact) mass is 267 g/mol. The van der Waals surface area contributed by atoms with E-state index in [1.807, 2.05) is 0 Å². The third-order valence-electron chi connectivity index (χ3n) is 4.60. The average Bonchev–Trinajstić information content (AvgIpc) is 2.97. The van der Waals surface area contributed by atoms with E-state index < -0.39 is 0 Å². The van der Waals surface area contributed by atoms with Gasteiger partial charge < -0.3 is 10.3 Å². The molecule has 0 spiro atoms. The zero-order valence-electron chi connectivity index (χ0n) is 10.4. The summed E-state index contributed by atoms with van der Waals surface area (Å²) in [5.74, 6) is 2.97. The first-order chi connectivity index (χ1) is 8.65. The van der Waals surface area contributed by atoms with Gasteiger partial charge in [-0.25, -0.2) is 4.98 Å². The zero-order valence-corrected chi connectivity index (χ0v) is 11.2. The van der Waals surface area contributed by atoms with Crippen molar-refractivity contribution in [1.82, 2.24) is 9.97 Å². The number of nitrogens with one attached hydrogen (secondary N) is 2. The first-order valence-corrected chi connectivity index (χ1v) is 7.02. The lowest BCUT2D eigenvalue weighted by Crippen LogP contribution is -2.31. The van der Waals surface area contributed by atoms with E-state index in [-0.39, 0.29) is 10.6 Å². The van der Waals surface area contributed by atoms with Crippen LogP contribution in [0.15, 0.2) is 11.1 Å². The quantitative estimate of drug-likeness (QED) is 0.885. The summed E-state index contributed by atoms with van der Waals surface area (Å²) >= 11 is 5.95. The first-order valence-electron chi connectivity index (χ1n) is 6.65. The second-order valence-electron chi connectivity index (χ2n) is 5.67. The number of halogens is 1. The van der Waals surface area contributed by atoms with Gasteiger partial charge in [-0.2, -0.15) is 0 Å². The molecular weight excluding hydrogens is 250 g/mol. The van der Waals surface area contributed by atoms with Crippen molar-refractivity contribution in [2.75, 3.05) is 5.32 Å². The maximum Gasteiger partial charge on any atom is 0.271 e. The molecule has 18 heavy (non-hydrogen) atoms. The van der Waals surface area contributed by atoms with Crippen molar-refractivity contribution < 1.29 is 0 Å². The van der Waals surface area contributed by atoms with Gasteiger partial charge >= 0.3 is 0 Å². The van der Waals surface area contributed by atoms with E-state index >= 15 is 0 Å². The molecule has 2 saturated carbocycles. The summed E-state index contributed by atoms with van der Waals surface area (Å²) in [6.07, 6.45) is 6.84. The number of hydrogen-bond acceptors (Lipinski definition) is 3. The van der Waals surface area contributed by atoms with Gasteiger partial charge in [0.1, 0.15) is 5.02 Å². The minimum atomic E-state index is -0.283. The van der Waals surface area contributed by atoms with Gasteiger partial charge in [0.15, 0.2) is 5.82 Å². The topological polar surface area (TPSA) is 57.8 Å². The molecule has 1 aromatic rings. The second-order valence-corrected chi connectivity index (χ2v) is 6.04. The van der Waals surface area contributed by atoms with Crippen LogP contribution in [0.25, 0.3) is 0 Å². The Bertz CT molecular complexity index is 501. The SMILES string of the molecule is CC(Nc1nc[nH]c(=O)c1Cl)C1CC2CCC1C2. The van der Waals surface area contributed by atoms with Gasteiger partial charge in [-0.15, -0.1) is 0 Å². The maximum atomic E-state index is 11.4. The summed E-state index contributed by atoms with van der Waals surface area (Å²) < 4.78 is 0. The van der Waals surface area contributed by atoms with Crippen molar-refractivity contribution >= 4 is 17.4 Å². The molecule has 98 valence electrons. The van der Waals surface area contributed by atoms with E-state index in [0.29, 0.717) is 17.8 Å². The smallest absolute Gasteiger partial charge is 0.271 e. The van der Waals surface area contributed by atoms with Crippen LogP contribution >= 0.6 is 11.6 Å². The molecule has 1 heterocycles. The van der Waals surface area contributed by atoms with Crippen molar-refractivity contribution in [3.8, 4) is 0 Å². The standard InChI is InChI=1S/C13H18ClN3O/c1-7(10-5-8-2-3-9(10)4-8)17-12-11(14)13(18)16-6-15-12/h6-10H,2-5H2,1H3,(H2,15,16,17,18). The third-order valence-corrected chi connectivity index (χ3v) is 4.95. The number of fused-ring (bicyclic) bond motifs is 2. The lowest BCUT2D eigenvalue weighted by molar-refractivity contribution is 0.304. The number of H-pyrrole nitrogens is 1. The fourth-order valence-corrected chi connectivity index (χ4v) is 3.87. The van der Waals surface area contributed by atoms with E-state index in [2.05, 4.69) is 22.2 Å². The molecule has 0 aliphatic heterocycles. The molecule has 1 aromatic heterocycles. The molecule has 0 amide bonds. The van der Waals surface area contributed by atoms with E-state index in [9.17, 15) is 4.79 Å². The number of hydrogen-bond donors (Lipinski definition) is 2. The summed E-state index contributed by atoms with van der Waals surface area (Å²) in [7, 11) is 0. The Morgan fingerprint density at radius 1 is 1.50 bits per heavy atom. The Balaban J connectivity index is 1.73. The van der Waals surface area contributed by atoms with Crippen LogP contribution in [0.1, 0.15) is 32.6 Å². The van der Waals surface area contributed by atoms with Crippen LogP contribution in [0.3, 0.4) is 0 Å². The Morgan fingerprint density at radius 2 is 2.33 bits per heavy atom. The van der Waals surface area contributed by atoms with Gasteiger partial charge in [0.25, 0.3) is 5.56 Å². The zero-order chi connectivity index (χ0) is 12.7. The predicted molar refractivity (Wildman–Crippen MR) is 71.9 cm³/mol. The van der Waals surface area contributed by atoms with Crippen LogP contribution in [-0.4, -0.2) is 16.0 Å². The molecule has 4 atom stereocenters. The first kappa shape index (κ1) is 12.0. The summed E-state index contributed by atoms with van der Waals surface area (Å²) in [4.78, 5) is 18.0. The lowest BCUT2D eigenvalue weighted by Gasteiger charge is -2.28. The van der Waals surface area contributed by atoms with Crippen molar-refractivity contribution in [3.05, 3.63) is 21.7 Å². The highest BCUT2D eigenvalue weighted by atomic mass is 35.5. The molecule has 0 aromatic carbocycles. The summed E-state index contributed by atoms with van der Waals surface area (Å²) in [6, 6.07) is 0.326. The number of rotatable bonds is 3. The Morgan fingerprint density at radius 3 is 3.00 bits per heavy atom. The fourth-order valence-electron chi connectivity index (χ4n) is 3.71. The lowest BCUT2D eigenvalue weighted by atomic mass is 9.84. The number of aromatic nitrogens is 2. The van der Waals surface area contributed by atoms with Gasteiger partial charge in [-0.05, 0) is 43.9 Å². The normalized spacial score (nSPS) is 31.6. The molecule has 4 unspecified atom stereocenters. The molecule has 2 bridgehead atoms. The Labute approximate surface area is 111 Å². The highest BCUT2D eigenvalue weighted by Gasteiger charge is 2.41. The largest absolute Gasteiger partial charge is 0.366 e. The van der Waals surface area contributed by atoms with Gasteiger partial charge in [0.05, 0.1) is 6.33 Å². The molecule has 4 nitrogen and oxygen atoms in total.